The van der Waals surface area contributed by atoms with Gasteiger partial charge >= 0.3 is 0 Å². The first-order valence-electron chi connectivity index (χ1n) is 5.35. The Balaban J connectivity index is 1.87. The molecule has 2 aromatic heterocycles. The van der Waals surface area contributed by atoms with Gasteiger partial charge in [-0.15, -0.1) is 5.10 Å². The Kier molecular flexibility index (Phi) is 2.45. The number of nitrogens with zero attached hydrogens (tertiary/aromatic N) is 3. The topological polar surface area (TPSA) is 83.6 Å². The minimum atomic E-state index is -0.258. The van der Waals surface area contributed by atoms with Crippen LogP contribution >= 0.6 is 0 Å². The van der Waals surface area contributed by atoms with E-state index in [1.165, 1.54) is 12.4 Å². The number of benzene rings is 1. The van der Waals surface area contributed by atoms with Crippen LogP contribution in [0.1, 0.15) is 10.4 Å². The Morgan fingerprint density at radius 1 is 1.22 bits per heavy atom. The summed E-state index contributed by atoms with van der Waals surface area (Å²) in [5, 5.41) is 10.9. The lowest BCUT2D eigenvalue weighted by molar-refractivity contribution is 0.102. The van der Waals surface area contributed by atoms with E-state index in [2.05, 4.69) is 25.5 Å². The van der Waals surface area contributed by atoms with Crippen molar-refractivity contribution in [2.45, 2.75) is 0 Å². The van der Waals surface area contributed by atoms with Crippen LogP contribution in [0.4, 0.5) is 5.95 Å². The van der Waals surface area contributed by atoms with Crippen molar-refractivity contribution >= 4 is 22.8 Å². The van der Waals surface area contributed by atoms with Crippen LogP contribution in [0.15, 0.2) is 42.9 Å². The number of H-pyrrole nitrogens is 1. The van der Waals surface area contributed by atoms with Crippen LogP contribution in [0, 0.1) is 0 Å². The van der Waals surface area contributed by atoms with E-state index in [-0.39, 0.29) is 11.9 Å². The van der Waals surface area contributed by atoms with E-state index in [1.807, 2.05) is 18.3 Å². The lowest BCUT2D eigenvalue weighted by atomic mass is 10.1. The van der Waals surface area contributed by atoms with Crippen molar-refractivity contribution < 1.29 is 4.79 Å². The second kappa shape index (κ2) is 4.25. The summed E-state index contributed by atoms with van der Waals surface area (Å²) in [5.41, 5.74) is 1.54. The van der Waals surface area contributed by atoms with Crippen LogP contribution in [-0.2, 0) is 0 Å². The van der Waals surface area contributed by atoms with Gasteiger partial charge in [0.2, 0.25) is 5.95 Å². The standard InChI is InChI=1S/C12H9N5O/c18-11(16-12-14-5-6-15-17-12)9-1-2-10-8(7-9)3-4-13-10/h1-7,13H,(H,14,16,17,18). The van der Waals surface area contributed by atoms with Crippen LogP contribution in [0.25, 0.3) is 10.9 Å². The molecule has 6 heteroatoms. The number of aromatic amines is 1. The fourth-order valence-corrected chi connectivity index (χ4v) is 1.67. The Morgan fingerprint density at radius 3 is 3.00 bits per heavy atom. The molecule has 0 aliphatic carbocycles. The zero-order valence-electron chi connectivity index (χ0n) is 9.29. The molecule has 0 unspecified atom stereocenters. The molecule has 6 nitrogen and oxygen atoms in total. The number of nitrogens with one attached hydrogen (secondary N) is 2. The van der Waals surface area contributed by atoms with Gasteiger partial charge < -0.3 is 4.98 Å². The molecule has 3 aromatic rings. The van der Waals surface area contributed by atoms with Gasteiger partial charge in [0.25, 0.3) is 5.91 Å². The van der Waals surface area contributed by atoms with Crippen molar-refractivity contribution in [1.82, 2.24) is 20.2 Å². The highest BCUT2D eigenvalue weighted by Gasteiger charge is 2.08. The highest BCUT2D eigenvalue weighted by atomic mass is 16.1. The van der Waals surface area contributed by atoms with Gasteiger partial charge in [-0.25, -0.2) is 4.98 Å². The predicted octanol–water partition coefficient (Wildman–Crippen LogP) is 1.61. The van der Waals surface area contributed by atoms with Crippen LogP contribution < -0.4 is 5.32 Å². The van der Waals surface area contributed by atoms with Gasteiger partial charge in [0.05, 0.1) is 12.4 Å². The number of carbonyl (C=O) groups is 1. The Bertz CT molecular complexity index is 692. The van der Waals surface area contributed by atoms with Gasteiger partial charge in [0, 0.05) is 22.7 Å². The minimum absolute atomic E-state index is 0.191. The average Bonchev–Trinajstić information content (AvgIpc) is 2.87. The van der Waals surface area contributed by atoms with Crippen molar-refractivity contribution in [3.8, 4) is 0 Å². The number of carbonyl (C=O) groups excluding carboxylic acids is 1. The van der Waals surface area contributed by atoms with Gasteiger partial charge in [-0.05, 0) is 24.3 Å². The highest BCUT2D eigenvalue weighted by molar-refractivity contribution is 6.05. The normalized spacial score (nSPS) is 10.4. The summed E-state index contributed by atoms with van der Waals surface area (Å²) in [6, 6.07) is 7.31. The lowest BCUT2D eigenvalue weighted by Crippen LogP contribution is -2.14. The highest BCUT2D eigenvalue weighted by Crippen LogP contribution is 2.14. The number of fused-ring (bicyclic) bond motifs is 1. The Hall–Kier alpha value is -2.76. The largest absolute Gasteiger partial charge is 0.361 e. The van der Waals surface area contributed by atoms with Crippen LogP contribution in [0.2, 0.25) is 0 Å². The van der Waals surface area contributed by atoms with Crippen LogP contribution in [-0.4, -0.2) is 26.1 Å². The van der Waals surface area contributed by atoms with Crippen molar-refractivity contribution in [2.75, 3.05) is 5.32 Å². The van der Waals surface area contributed by atoms with E-state index in [4.69, 9.17) is 0 Å². The van der Waals surface area contributed by atoms with E-state index >= 15 is 0 Å². The summed E-state index contributed by atoms with van der Waals surface area (Å²) >= 11 is 0. The first-order chi connectivity index (χ1) is 8.83. The minimum Gasteiger partial charge on any atom is -0.361 e. The molecule has 0 spiro atoms. The molecule has 0 aliphatic heterocycles. The zero-order chi connectivity index (χ0) is 12.4. The fraction of sp³-hybridized carbons (Fsp3) is 0. The molecule has 0 saturated carbocycles. The maximum Gasteiger partial charge on any atom is 0.258 e. The lowest BCUT2D eigenvalue weighted by Gasteiger charge is -2.02. The van der Waals surface area contributed by atoms with Crippen LogP contribution in [0.3, 0.4) is 0 Å². The van der Waals surface area contributed by atoms with Crippen molar-refractivity contribution in [1.29, 1.82) is 0 Å². The predicted molar refractivity (Wildman–Crippen MR) is 66.1 cm³/mol. The number of aromatic nitrogens is 4. The van der Waals surface area contributed by atoms with Gasteiger partial charge in [-0.1, -0.05) is 0 Å². The zero-order valence-corrected chi connectivity index (χ0v) is 9.29. The third kappa shape index (κ3) is 1.91. The van der Waals surface area contributed by atoms with E-state index in [0.29, 0.717) is 5.56 Å². The second-order valence-electron chi connectivity index (χ2n) is 3.70. The first-order valence-corrected chi connectivity index (χ1v) is 5.35. The average molecular weight is 239 g/mol. The molecule has 1 amide bonds. The molecule has 88 valence electrons. The van der Waals surface area contributed by atoms with Gasteiger partial charge in [0.15, 0.2) is 0 Å². The summed E-state index contributed by atoms with van der Waals surface area (Å²) in [5.74, 6) is -0.0669. The molecule has 2 N–H and O–H groups in total. The summed E-state index contributed by atoms with van der Waals surface area (Å²) in [7, 11) is 0. The van der Waals surface area contributed by atoms with Crippen LogP contribution in [0.5, 0.6) is 0 Å². The molecular weight excluding hydrogens is 230 g/mol. The van der Waals surface area contributed by atoms with Crippen molar-refractivity contribution in [3.63, 3.8) is 0 Å². The molecule has 0 radical (unpaired) electrons. The molecule has 2 heterocycles. The molecule has 3 rings (SSSR count). The first kappa shape index (κ1) is 10.4. The maximum absolute atomic E-state index is 12.0. The van der Waals surface area contributed by atoms with E-state index in [1.54, 1.807) is 12.1 Å². The SMILES string of the molecule is O=C(Nc1nccnn1)c1ccc2[nH]ccc2c1. The Morgan fingerprint density at radius 2 is 2.17 bits per heavy atom. The molecule has 0 fully saturated rings. The number of anilines is 1. The number of hydrogen-bond acceptors (Lipinski definition) is 4. The fourth-order valence-electron chi connectivity index (χ4n) is 1.67. The molecule has 1 aromatic carbocycles. The van der Waals surface area contributed by atoms with Crippen molar-refractivity contribution in [2.24, 2.45) is 0 Å². The van der Waals surface area contributed by atoms with Crippen molar-refractivity contribution in [3.05, 3.63) is 48.4 Å². The monoisotopic (exact) mass is 239 g/mol. The number of rotatable bonds is 2. The van der Waals surface area contributed by atoms with E-state index < -0.39 is 0 Å². The van der Waals surface area contributed by atoms with Gasteiger partial charge in [-0.2, -0.15) is 5.10 Å². The summed E-state index contributed by atoms with van der Waals surface area (Å²) in [6.07, 6.45) is 4.75. The molecule has 0 aliphatic rings. The third-order valence-electron chi connectivity index (χ3n) is 2.52. The van der Waals surface area contributed by atoms with E-state index in [0.717, 1.165) is 10.9 Å². The molecule has 0 bridgehead atoms. The summed E-state index contributed by atoms with van der Waals surface area (Å²) < 4.78 is 0. The van der Waals surface area contributed by atoms with Gasteiger partial charge in [-0.3, -0.25) is 10.1 Å². The van der Waals surface area contributed by atoms with Gasteiger partial charge in [0.1, 0.15) is 0 Å². The third-order valence-corrected chi connectivity index (χ3v) is 2.52. The number of amides is 1. The molecule has 0 atom stereocenters. The second-order valence-corrected chi connectivity index (χ2v) is 3.70. The van der Waals surface area contributed by atoms with E-state index in [9.17, 15) is 4.79 Å². The molecule has 0 saturated heterocycles. The summed E-state index contributed by atoms with van der Waals surface area (Å²) in [4.78, 5) is 18.9. The number of hydrogen-bond donors (Lipinski definition) is 2. The Labute approximate surface area is 102 Å². The summed E-state index contributed by atoms with van der Waals surface area (Å²) in [6.45, 7) is 0. The smallest absolute Gasteiger partial charge is 0.258 e. The quantitative estimate of drug-likeness (QED) is 0.711. The molecule has 18 heavy (non-hydrogen) atoms. The molecular formula is C12H9N5O. The maximum atomic E-state index is 12.0.